The topological polar surface area (TPSA) is 137 Å². The van der Waals surface area contributed by atoms with Crippen molar-refractivity contribution in [2.45, 2.75) is 58.8 Å². The first-order valence-corrected chi connectivity index (χ1v) is 14.9. The van der Waals surface area contributed by atoms with Gasteiger partial charge in [0, 0.05) is 18.3 Å². The highest BCUT2D eigenvalue weighted by molar-refractivity contribution is 7.57. The second-order valence-corrected chi connectivity index (χ2v) is 11.3. The van der Waals surface area contributed by atoms with Gasteiger partial charge in [0.25, 0.3) is 0 Å². The molecule has 0 aliphatic carbocycles. The van der Waals surface area contributed by atoms with Gasteiger partial charge in [0.1, 0.15) is 0 Å². The van der Waals surface area contributed by atoms with E-state index in [4.69, 9.17) is 27.6 Å². The number of nitrogens with zero attached hydrogens (tertiary/aromatic N) is 1. The fraction of sp³-hybridized carbons (Fsp3) is 0.682. The lowest BCUT2D eigenvalue weighted by atomic mass is 9.92. The van der Waals surface area contributed by atoms with Gasteiger partial charge in [-0.3, -0.25) is 23.7 Å². The number of hydrogen-bond acceptors (Lipinski definition) is 11. The number of ether oxygens (including phenoxy) is 2. The van der Waals surface area contributed by atoms with Crippen molar-refractivity contribution in [1.29, 1.82) is 0 Å². The van der Waals surface area contributed by atoms with E-state index in [1.807, 2.05) is 0 Å². The van der Waals surface area contributed by atoms with Gasteiger partial charge in [-0.1, -0.05) is 0 Å². The molecular formula is C22H37NO10P2. The van der Waals surface area contributed by atoms with Crippen molar-refractivity contribution in [2.75, 3.05) is 39.6 Å². The van der Waals surface area contributed by atoms with Crippen molar-refractivity contribution >= 4 is 27.1 Å². The van der Waals surface area contributed by atoms with E-state index in [1.165, 1.54) is 24.5 Å². The summed E-state index contributed by atoms with van der Waals surface area (Å²) in [7, 11) is -8.58. The molecule has 1 rings (SSSR count). The molecule has 0 aliphatic heterocycles. The van der Waals surface area contributed by atoms with Crippen LogP contribution in [-0.4, -0.2) is 67.9 Å². The summed E-state index contributed by atoms with van der Waals surface area (Å²) in [5.74, 6) is -3.29. The van der Waals surface area contributed by atoms with Gasteiger partial charge >= 0.3 is 27.1 Å². The van der Waals surface area contributed by atoms with Gasteiger partial charge in [-0.25, -0.2) is 0 Å². The zero-order valence-corrected chi connectivity index (χ0v) is 23.0. The molecule has 0 saturated carbocycles. The molecular weight excluding hydrogens is 500 g/mol. The summed E-state index contributed by atoms with van der Waals surface area (Å²) < 4.78 is 60.8. The standard InChI is InChI=1S/C22H37NO10P2/c1-7-28-21(24)19(34(26,30-9-3)31-10-4)18(17-13-15-23-16-14-17)20(22(25)29-8-2)35(27,32-11-5)33-12-6/h13-16,18-20H,7-12H2,1-6H3. The highest BCUT2D eigenvalue weighted by Crippen LogP contribution is 2.65. The average Bonchev–Trinajstić information content (AvgIpc) is 2.80. The fourth-order valence-electron chi connectivity index (χ4n) is 3.64. The van der Waals surface area contributed by atoms with E-state index in [1.54, 1.807) is 41.5 Å². The van der Waals surface area contributed by atoms with Gasteiger partial charge in [-0.2, -0.15) is 0 Å². The maximum absolute atomic E-state index is 14.1. The van der Waals surface area contributed by atoms with E-state index in [9.17, 15) is 18.7 Å². The summed E-state index contributed by atoms with van der Waals surface area (Å²) in [6.07, 6.45) is 2.84. The second kappa shape index (κ2) is 15.5. The molecule has 0 spiro atoms. The minimum Gasteiger partial charge on any atom is -0.465 e. The molecule has 35 heavy (non-hydrogen) atoms. The third-order valence-electron chi connectivity index (χ3n) is 4.75. The molecule has 2 unspecified atom stereocenters. The normalized spacial score (nSPS) is 14.7. The number of carbonyl (C=O) groups excluding carboxylic acids is 2. The fourth-order valence-corrected chi connectivity index (χ4v) is 8.15. The van der Waals surface area contributed by atoms with Gasteiger partial charge in [0.2, 0.25) is 0 Å². The van der Waals surface area contributed by atoms with Crippen LogP contribution >= 0.6 is 15.2 Å². The van der Waals surface area contributed by atoms with Crippen LogP contribution in [0.4, 0.5) is 0 Å². The van der Waals surface area contributed by atoms with Gasteiger partial charge in [-0.05, 0) is 59.2 Å². The van der Waals surface area contributed by atoms with E-state index >= 15 is 0 Å². The van der Waals surface area contributed by atoms with Gasteiger partial charge in [-0.15, -0.1) is 0 Å². The molecule has 200 valence electrons. The predicted octanol–water partition coefficient (Wildman–Crippen LogP) is 4.56. The van der Waals surface area contributed by atoms with Gasteiger partial charge < -0.3 is 27.6 Å². The largest absolute Gasteiger partial charge is 0.465 e. The van der Waals surface area contributed by atoms with E-state index in [0.29, 0.717) is 5.56 Å². The zero-order valence-electron chi connectivity index (χ0n) is 21.2. The highest BCUT2D eigenvalue weighted by atomic mass is 31.2. The van der Waals surface area contributed by atoms with Crippen molar-refractivity contribution in [2.24, 2.45) is 0 Å². The lowest BCUT2D eigenvalue weighted by Crippen LogP contribution is -2.42. The molecule has 0 fully saturated rings. The van der Waals surface area contributed by atoms with Crippen LogP contribution in [0.5, 0.6) is 0 Å². The number of carbonyl (C=O) groups is 2. The van der Waals surface area contributed by atoms with Crippen molar-refractivity contribution in [3.8, 4) is 0 Å². The number of esters is 2. The molecule has 0 bridgehead atoms. The lowest BCUT2D eigenvalue weighted by Gasteiger charge is -2.36. The maximum atomic E-state index is 14.1. The van der Waals surface area contributed by atoms with Gasteiger partial charge in [0.15, 0.2) is 11.3 Å². The third kappa shape index (κ3) is 8.20. The quantitative estimate of drug-likeness (QED) is 0.204. The molecule has 13 heteroatoms. The molecule has 0 aliphatic rings. The Labute approximate surface area is 207 Å². The Hall–Kier alpha value is -1.61. The van der Waals surface area contributed by atoms with Crippen molar-refractivity contribution < 1.29 is 46.3 Å². The smallest absolute Gasteiger partial charge is 0.345 e. The molecule has 2 atom stereocenters. The molecule has 1 aromatic heterocycles. The van der Waals surface area contributed by atoms with E-state index in [2.05, 4.69) is 4.98 Å². The molecule has 0 amide bonds. The third-order valence-corrected chi connectivity index (χ3v) is 9.64. The first-order valence-electron chi connectivity index (χ1n) is 11.7. The first kappa shape index (κ1) is 31.4. The Kier molecular flexibility index (Phi) is 13.9. The minimum absolute atomic E-state index is 0.0463. The summed E-state index contributed by atoms with van der Waals surface area (Å²) in [4.78, 5) is 30.8. The second-order valence-electron chi connectivity index (χ2n) is 6.95. The van der Waals surface area contributed by atoms with E-state index in [-0.39, 0.29) is 39.6 Å². The zero-order chi connectivity index (χ0) is 26.5. The number of pyridine rings is 1. The van der Waals surface area contributed by atoms with Crippen molar-refractivity contribution in [1.82, 2.24) is 4.98 Å². The van der Waals surface area contributed by atoms with Crippen LogP contribution in [0.25, 0.3) is 0 Å². The summed E-state index contributed by atoms with van der Waals surface area (Å²) >= 11 is 0. The predicted molar refractivity (Wildman–Crippen MR) is 130 cm³/mol. The Bertz CT molecular complexity index is 810. The summed E-state index contributed by atoms with van der Waals surface area (Å²) in [6.45, 7) is 9.17. The van der Waals surface area contributed by atoms with Gasteiger partial charge in [0.05, 0.1) is 39.6 Å². The Morgan fingerprint density at radius 2 is 1.03 bits per heavy atom. The van der Waals surface area contributed by atoms with Crippen LogP contribution in [0.2, 0.25) is 0 Å². The number of aromatic nitrogens is 1. The average molecular weight is 537 g/mol. The molecule has 0 radical (unpaired) electrons. The monoisotopic (exact) mass is 537 g/mol. The van der Waals surface area contributed by atoms with Crippen LogP contribution in [0.1, 0.15) is 53.0 Å². The lowest BCUT2D eigenvalue weighted by molar-refractivity contribution is -0.145. The molecule has 1 heterocycles. The van der Waals surface area contributed by atoms with Crippen molar-refractivity contribution in [3.63, 3.8) is 0 Å². The summed E-state index contributed by atoms with van der Waals surface area (Å²) in [5, 5.41) is 0. The molecule has 11 nitrogen and oxygen atoms in total. The molecule has 1 aromatic rings. The van der Waals surface area contributed by atoms with Crippen LogP contribution < -0.4 is 0 Å². The summed E-state index contributed by atoms with van der Waals surface area (Å²) in [5.41, 5.74) is -3.07. The number of hydrogen-bond donors (Lipinski definition) is 0. The van der Waals surface area contributed by atoms with Crippen LogP contribution in [0.15, 0.2) is 24.5 Å². The van der Waals surface area contributed by atoms with E-state index < -0.39 is 44.4 Å². The molecule has 0 N–H and O–H groups in total. The van der Waals surface area contributed by atoms with Crippen LogP contribution in [0.3, 0.4) is 0 Å². The Balaban J connectivity index is 4.06. The number of rotatable bonds is 17. The minimum atomic E-state index is -4.29. The first-order chi connectivity index (χ1) is 16.7. The molecule has 0 saturated heterocycles. The Morgan fingerprint density at radius 1 is 0.686 bits per heavy atom. The summed E-state index contributed by atoms with van der Waals surface area (Å²) in [6, 6.07) is 3.02. The SMILES string of the molecule is CCOC(=O)C(C(c1ccncc1)C(C(=O)OCC)P(=O)(OCC)OCC)P(=O)(OCC)OCC. The van der Waals surface area contributed by atoms with Crippen molar-refractivity contribution in [3.05, 3.63) is 30.1 Å². The van der Waals surface area contributed by atoms with Crippen LogP contribution in [0, 0.1) is 0 Å². The molecule has 0 aromatic carbocycles. The van der Waals surface area contributed by atoms with Crippen LogP contribution in [-0.2, 0) is 46.3 Å². The van der Waals surface area contributed by atoms with E-state index in [0.717, 1.165) is 0 Å². The maximum Gasteiger partial charge on any atom is 0.345 e. The Morgan fingerprint density at radius 3 is 1.31 bits per heavy atom. The highest BCUT2D eigenvalue weighted by Gasteiger charge is 2.58.